The second-order valence-electron chi connectivity index (χ2n) is 9.21. The van der Waals surface area contributed by atoms with Gasteiger partial charge in [-0.3, -0.25) is 4.90 Å². The molecule has 0 bridgehead atoms. The summed E-state index contributed by atoms with van der Waals surface area (Å²) in [5.41, 5.74) is 6.56. The fourth-order valence-electron chi connectivity index (χ4n) is 4.13. The van der Waals surface area contributed by atoms with Crippen LogP contribution in [0.1, 0.15) is 117 Å². The van der Waals surface area contributed by atoms with Gasteiger partial charge in [0.25, 0.3) is 0 Å². The predicted molar refractivity (Wildman–Crippen MR) is 138 cm³/mol. The molecule has 1 aromatic rings. The normalized spacial score (nSPS) is 11.3. The van der Waals surface area contributed by atoms with Gasteiger partial charge in [0.1, 0.15) is 12.4 Å². The van der Waals surface area contributed by atoms with Crippen LogP contribution in [0.4, 0.5) is 5.69 Å². The van der Waals surface area contributed by atoms with E-state index in [2.05, 4.69) is 18.7 Å². The number of hydrogen-bond donors (Lipinski definition) is 1. The van der Waals surface area contributed by atoms with Crippen molar-refractivity contribution in [2.24, 2.45) is 0 Å². The number of ether oxygens (including phenoxy) is 1. The van der Waals surface area contributed by atoms with Crippen LogP contribution in [0.3, 0.4) is 0 Å². The van der Waals surface area contributed by atoms with Crippen LogP contribution in [0, 0.1) is 0 Å². The molecule has 31 heavy (non-hydrogen) atoms. The maximum atomic E-state index is 5.96. The Morgan fingerprint density at radius 3 is 1.45 bits per heavy atom. The average molecular weight is 433 g/mol. The van der Waals surface area contributed by atoms with Crippen LogP contribution < -0.4 is 10.5 Å². The minimum atomic E-state index is 0.762. The van der Waals surface area contributed by atoms with Gasteiger partial charge in [0.15, 0.2) is 0 Å². The van der Waals surface area contributed by atoms with Crippen LogP contribution in [0.15, 0.2) is 24.3 Å². The van der Waals surface area contributed by atoms with E-state index in [1.807, 2.05) is 24.3 Å². The van der Waals surface area contributed by atoms with E-state index in [9.17, 15) is 0 Å². The average Bonchev–Trinajstić information content (AvgIpc) is 2.78. The lowest BCUT2D eigenvalue weighted by Gasteiger charge is -2.22. The SMILES string of the molecule is CCCCCCCCCCN(CCCCCCCCCC)CCOc1ccc(N)cc1. The van der Waals surface area contributed by atoms with E-state index in [1.54, 1.807) is 0 Å². The molecule has 3 nitrogen and oxygen atoms in total. The molecule has 0 aliphatic heterocycles. The molecule has 0 aliphatic rings. The maximum absolute atomic E-state index is 5.96. The molecular weight excluding hydrogens is 380 g/mol. The summed E-state index contributed by atoms with van der Waals surface area (Å²) in [4.78, 5) is 2.63. The van der Waals surface area contributed by atoms with Crippen LogP contribution in [-0.2, 0) is 0 Å². The summed E-state index contributed by atoms with van der Waals surface area (Å²) in [5, 5.41) is 0. The molecular formula is C28H52N2O. The zero-order chi connectivity index (χ0) is 22.4. The molecule has 0 aliphatic carbocycles. The van der Waals surface area contributed by atoms with E-state index in [-0.39, 0.29) is 0 Å². The van der Waals surface area contributed by atoms with Crippen LogP contribution in [0.25, 0.3) is 0 Å². The van der Waals surface area contributed by atoms with Gasteiger partial charge in [0.2, 0.25) is 0 Å². The summed E-state index contributed by atoms with van der Waals surface area (Å²) in [6, 6.07) is 7.76. The first-order valence-electron chi connectivity index (χ1n) is 13.5. The molecule has 0 heterocycles. The zero-order valence-electron chi connectivity index (χ0n) is 20.9. The van der Waals surface area contributed by atoms with Gasteiger partial charge in [-0.1, -0.05) is 104 Å². The molecule has 1 rings (SSSR count). The van der Waals surface area contributed by atoms with E-state index in [1.165, 1.54) is 116 Å². The van der Waals surface area contributed by atoms with Crippen molar-refractivity contribution in [1.29, 1.82) is 0 Å². The molecule has 0 atom stereocenters. The highest BCUT2D eigenvalue weighted by molar-refractivity contribution is 5.41. The minimum Gasteiger partial charge on any atom is -0.492 e. The molecule has 2 N–H and O–H groups in total. The lowest BCUT2D eigenvalue weighted by molar-refractivity contribution is 0.202. The number of nitrogens with zero attached hydrogens (tertiary/aromatic N) is 1. The van der Waals surface area contributed by atoms with Gasteiger partial charge in [-0.15, -0.1) is 0 Å². The lowest BCUT2D eigenvalue weighted by atomic mass is 10.1. The molecule has 0 unspecified atom stereocenters. The molecule has 0 radical (unpaired) electrons. The van der Waals surface area contributed by atoms with Gasteiger partial charge in [-0.25, -0.2) is 0 Å². The monoisotopic (exact) mass is 432 g/mol. The maximum Gasteiger partial charge on any atom is 0.119 e. The van der Waals surface area contributed by atoms with Crippen molar-refractivity contribution in [3.63, 3.8) is 0 Å². The Kier molecular flexibility index (Phi) is 18.5. The zero-order valence-corrected chi connectivity index (χ0v) is 20.9. The highest BCUT2D eigenvalue weighted by atomic mass is 16.5. The summed E-state index contributed by atoms with van der Waals surface area (Å²) in [5.74, 6) is 0.924. The third kappa shape index (κ3) is 17.1. The topological polar surface area (TPSA) is 38.5 Å². The first-order chi connectivity index (χ1) is 15.3. The Balaban J connectivity index is 2.20. The molecule has 3 heteroatoms. The third-order valence-corrected chi connectivity index (χ3v) is 6.21. The van der Waals surface area contributed by atoms with Crippen molar-refractivity contribution in [3.05, 3.63) is 24.3 Å². The fourth-order valence-corrected chi connectivity index (χ4v) is 4.13. The summed E-state index contributed by atoms with van der Waals surface area (Å²) in [6.07, 6.45) is 22.2. The second kappa shape index (κ2) is 20.7. The smallest absolute Gasteiger partial charge is 0.119 e. The van der Waals surface area contributed by atoms with Crippen LogP contribution in [-0.4, -0.2) is 31.1 Å². The first-order valence-corrected chi connectivity index (χ1v) is 13.5. The summed E-state index contributed by atoms with van der Waals surface area (Å²) in [7, 11) is 0. The van der Waals surface area contributed by atoms with E-state index in [0.717, 1.165) is 24.6 Å². The Morgan fingerprint density at radius 2 is 1.00 bits per heavy atom. The Bertz CT molecular complexity index is 468. The molecule has 1 aromatic carbocycles. The second-order valence-corrected chi connectivity index (χ2v) is 9.21. The van der Waals surface area contributed by atoms with Crippen LogP contribution in [0.5, 0.6) is 5.75 Å². The summed E-state index contributed by atoms with van der Waals surface area (Å²) in [6.45, 7) is 8.80. The van der Waals surface area contributed by atoms with E-state index in [0.29, 0.717) is 0 Å². The highest BCUT2D eigenvalue weighted by Gasteiger charge is 2.06. The van der Waals surface area contributed by atoms with Crippen molar-refractivity contribution in [3.8, 4) is 5.75 Å². The van der Waals surface area contributed by atoms with Gasteiger partial charge >= 0.3 is 0 Å². The molecule has 180 valence electrons. The van der Waals surface area contributed by atoms with E-state index >= 15 is 0 Å². The summed E-state index contributed by atoms with van der Waals surface area (Å²) < 4.78 is 5.96. The van der Waals surface area contributed by atoms with Crippen molar-refractivity contribution in [1.82, 2.24) is 4.90 Å². The molecule has 0 fully saturated rings. The van der Waals surface area contributed by atoms with Gasteiger partial charge in [-0.2, -0.15) is 0 Å². The summed E-state index contributed by atoms with van der Waals surface area (Å²) >= 11 is 0. The van der Waals surface area contributed by atoms with Gasteiger partial charge in [0, 0.05) is 12.2 Å². The quantitative estimate of drug-likeness (QED) is 0.148. The minimum absolute atomic E-state index is 0.762. The van der Waals surface area contributed by atoms with E-state index < -0.39 is 0 Å². The fraction of sp³-hybridized carbons (Fsp3) is 0.786. The molecule has 0 spiro atoms. The number of nitrogens with two attached hydrogens (primary N) is 1. The Hall–Kier alpha value is -1.22. The largest absolute Gasteiger partial charge is 0.492 e. The molecule has 0 saturated carbocycles. The Labute approximate surface area is 194 Å². The number of benzene rings is 1. The van der Waals surface area contributed by atoms with Crippen molar-refractivity contribution in [2.45, 2.75) is 117 Å². The van der Waals surface area contributed by atoms with Crippen LogP contribution in [0.2, 0.25) is 0 Å². The standard InChI is InChI=1S/C28H52N2O/c1-3-5-7-9-11-13-15-17-23-30(24-18-16-14-12-10-8-6-4-2)25-26-31-28-21-19-27(29)20-22-28/h19-22H,3-18,23-26,29H2,1-2H3. The highest BCUT2D eigenvalue weighted by Crippen LogP contribution is 2.14. The van der Waals surface area contributed by atoms with Crippen molar-refractivity contribution in [2.75, 3.05) is 32.0 Å². The molecule has 0 saturated heterocycles. The third-order valence-electron chi connectivity index (χ3n) is 6.21. The van der Waals surface area contributed by atoms with Gasteiger partial charge in [0.05, 0.1) is 0 Å². The molecule has 0 amide bonds. The first kappa shape index (κ1) is 27.8. The van der Waals surface area contributed by atoms with Crippen LogP contribution >= 0.6 is 0 Å². The number of unbranched alkanes of at least 4 members (excludes halogenated alkanes) is 14. The van der Waals surface area contributed by atoms with Crippen molar-refractivity contribution < 1.29 is 4.74 Å². The van der Waals surface area contributed by atoms with Gasteiger partial charge in [-0.05, 0) is 50.2 Å². The number of rotatable bonds is 22. The Morgan fingerprint density at radius 1 is 0.581 bits per heavy atom. The predicted octanol–water partition coefficient (Wildman–Crippen LogP) is 8.23. The molecule has 0 aromatic heterocycles. The number of nitrogen functional groups attached to an aromatic ring is 1. The lowest BCUT2D eigenvalue weighted by Crippen LogP contribution is -2.30. The number of anilines is 1. The van der Waals surface area contributed by atoms with Gasteiger partial charge < -0.3 is 10.5 Å². The van der Waals surface area contributed by atoms with Crippen molar-refractivity contribution >= 4 is 5.69 Å². The number of hydrogen-bond acceptors (Lipinski definition) is 3. The van der Waals surface area contributed by atoms with E-state index in [4.69, 9.17) is 10.5 Å².